The quantitative estimate of drug-likeness (QED) is 0.704. The van der Waals surface area contributed by atoms with E-state index < -0.39 is 5.60 Å². The first-order chi connectivity index (χ1) is 6.94. The molecule has 0 saturated carbocycles. The van der Waals surface area contributed by atoms with E-state index in [2.05, 4.69) is 4.90 Å². The van der Waals surface area contributed by atoms with E-state index in [9.17, 15) is 5.11 Å². The van der Waals surface area contributed by atoms with Gasteiger partial charge in [0.15, 0.2) is 0 Å². The zero-order chi connectivity index (χ0) is 11.5. The van der Waals surface area contributed by atoms with E-state index in [1.54, 1.807) is 0 Å². The SMILES string of the molecule is CCC(C)(O)CN1CCOC(C(C)N)C1. The predicted octanol–water partition coefficient (Wildman–Crippen LogP) is 0.195. The van der Waals surface area contributed by atoms with Gasteiger partial charge in [-0.05, 0) is 20.3 Å². The fourth-order valence-corrected chi connectivity index (χ4v) is 1.79. The Morgan fingerprint density at radius 2 is 2.33 bits per heavy atom. The van der Waals surface area contributed by atoms with Crippen molar-refractivity contribution in [2.75, 3.05) is 26.2 Å². The third-order valence-corrected chi connectivity index (χ3v) is 3.09. The highest BCUT2D eigenvalue weighted by Gasteiger charge is 2.28. The molecule has 1 aliphatic rings. The van der Waals surface area contributed by atoms with Gasteiger partial charge < -0.3 is 15.6 Å². The maximum Gasteiger partial charge on any atom is 0.0850 e. The number of rotatable bonds is 4. The molecule has 3 unspecified atom stereocenters. The van der Waals surface area contributed by atoms with Crippen molar-refractivity contribution in [1.82, 2.24) is 4.90 Å². The van der Waals surface area contributed by atoms with Crippen LogP contribution in [0.1, 0.15) is 27.2 Å². The second-order valence-corrected chi connectivity index (χ2v) is 4.85. The highest BCUT2D eigenvalue weighted by atomic mass is 16.5. The molecule has 0 aliphatic carbocycles. The molecule has 15 heavy (non-hydrogen) atoms. The Morgan fingerprint density at radius 1 is 1.67 bits per heavy atom. The van der Waals surface area contributed by atoms with Crippen LogP contribution in [-0.4, -0.2) is 54.0 Å². The number of ether oxygens (including phenoxy) is 1. The topological polar surface area (TPSA) is 58.7 Å². The fraction of sp³-hybridized carbons (Fsp3) is 1.00. The van der Waals surface area contributed by atoms with E-state index in [4.69, 9.17) is 10.5 Å². The average Bonchev–Trinajstić information content (AvgIpc) is 2.17. The molecule has 1 rings (SSSR count). The predicted molar refractivity (Wildman–Crippen MR) is 60.7 cm³/mol. The van der Waals surface area contributed by atoms with Crippen LogP contribution in [0.4, 0.5) is 0 Å². The maximum atomic E-state index is 9.99. The third kappa shape index (κ3) is 4.07. The van der Waals surface area contributed by atoms with E-state index in [1.165, 1.54) is 0 Å². The molecule has 0 spiro atoms. The maximum absolute atomic E-state index is 9.99. The van der Waals surface area contributed by atoms with E-state index in [1.807, 2.05) is 20.8 Å². The van der Waals surface area contributed by atoms with Gasteiger partial charge in [0.1, 0.15) is 0 Å². The molecule has 0 aromatic rings. The highest BCUT2D eigenvalue weighted by Crippen LogP contribution is 2.14. The van der Waals surface area contributed by atoms with Crippen LogP contribution in [0.3, 0.4) is 0 Å². The van der Waals surface area contributed by atoms with Crippen LogP contribution in [0.25, 0.3) is 0 Å². The van der Waals surface area contributed by atoms with Crippen molar-refractivity contribution in [2.24, 2.45) is 5.73 Å². The van der Waals surface area contributed by atoms with Crippen LogP contribution in [0.15, 0.2) is 0 Å². The van der Waals surface area contributed by atoms with Crippen molar-refractivity contribution < 1.29 is 9.84 Å². The first-order valence-corrected chi connectivity index (χ1v) is 5.76. The van der Waals surface area contributed by atoms with E-state index in [-0.39, 0.29) is 12.1 Å². The van der Waals surface area contributed by atoms with Crippen LogP contribution < -0.4 is 5.73 Å². The summed E-state index contributed by atoms with van der Waals surface area (Å²) in [5.41, 5.74) is 5.21. The molecule has 90 valence electrons. The van der Waals surface area contributed by atoms with Gasteiger partial charge in [0.05, 0.1) is 18.3 Å². The Bertz CT molecular complexity index is 195. The molecule has 1 fully saturated rings. The van der Waals surface area contributed by atoms with Gasteiger partial charge in [-0.1, -0.05) is 6.92 Å². The second kappa shape index (κ2) is 5.25. The number of nitrogens with two attached hydrogens (primary N) is 1. The van der Waals surface area contributed by atoms with Crippen LogP contribution in [0, 0.1) is 0 Å². The van der Waals surface area contributed by atoms with E-state index in [0.29, 0.717) is 13.2 Å². The molecule has 0 radical (unpaired) electrons. The molecule has 3 N–H and O–H groups in total. The van der Waals surface area contributed by atoms with Crippen molar-refractivity contribution in [3.63, 3.8) is 0 Å². The summed E-state index contributed by atoms with van der Waals surface area (Å²) in [6.07, 6.45) is 0.874. The Kier molecular flexibility index (Phi) is 4.52. The van der Waals surface area contributed by atoms with Gasteiger partial charge in [-0.2, -0.15) is 0 Å². The van der Waals surface area contributed by atoms with Crippen molar-refractivity contribution >= 4 is 0 Å². The molecule has 4 heteroatoms. The lowest BCUT2D eigenvalue weighted by Gasteiger charge is -2.38. The molecule has 0 aromatic carbocycles. The molecular weight excluding hydrogens is 192 g/mol. The highest BCUT2D eigenvalue weighted by molar-refractivity contribution is 4.82. The Morgan fingerprint density at radius 3 is 2.87 bits per heavy atom. The summed E-state index contributed by atoms with van der Waals surface area (Å²) in [7, 11) is 0. The minimum absolute atomic E-state index is 0.0550. The molecule has 3 atom stereocenters. The van der Waals surface area contributed by atoms with Crippen LogP contribution in [-0.2, 0) is 4.74 Å². The first-order valence-electron chi connectivity index (χ1n) is 5.76. The zero-order valence-electron chi connectivity index (χ0n) is 10.1. The number of nitrogens with zero attached hydrogens (tertiary/aromatic N) is 1. The number of β-amino-alcohol motifs (C(OH)–C–C–N with tert-alkyl or cyclic N) is 1. The molecule has 0 amide bonds. The summed E-state index contributed by atoms with van der Waals surface area (Å²) in [6.45, 7) is 8.98. The third-order valence-electron chi connectivity index (χ3n) is 3.09. The fourth-order valence-electron chi connectivity index (χ4n) is 1.79. The summed E-state index contributed by atoms with van der Waals surface area (Å²) in [6, 6.07) is 0.0550. The monoisotopic (exact) mass is 216 g/mol. The van der Waals surface area contributed by atoms with Crippen molar-refractivity contribution in [3.05, 3.63) is 0 Å². The summed E-state index contributed by atoms with van der Waals surface area (Å²) in [4.78, 5) is 2.24. The summed E-state index contributed by atoms with van der Waals surface area (Å²) < 4.78 is 5.57. The van der Waals surface area contributed by atoms with E-state index >= 15 is 0 Å². The number of morpholine rings is 1. The van der Waals surface area contributed by atoms with Crippen molar-refractivity contribution in [3.8, 4) is 0 Å². The second-order valence-electron chi connectivity index (χ2n) is 4.85. The smallest absolute Gasteiger partial charge is 0.0850 e. The van der Waals surface area contributed by atoms with Gasteiger partial charge >= 0.3 is 0 Å². The van der Waals surface area contributed by atoms with Gasteiger partial charge in [0.25, 0.3) is 0 Å². The Hall–Kier alpha value is -0.160. The Balaban J connectivity index is 2.43. The van der Waals surface area contributed by atoms with Gasteiger partial charge in [-0.25, -0.2) is 0 Å². The van der Waals surface area contributed by atoms with Crippen LogP contribution >= 0.6 is 0 Å². The lowest BCUT2D eigenvalue weighted by Crippen LogP contribution is -2.53. The zero-order valence-corrected chi connectivity index (χ0v) is 10.1. The molecule has 1 heterocycles. The summed E-state index contributed by atoms with van der Waals surface area (Å²) in [5.74, 6) is 0. The van der Waals surface area contributed by atoms with Gasteiger partial charge in [-0.3, -0.25) is 4.90 Å². The Labute approximate surface area is 92.4 Å². The molecule has 4 nitrogen and oxygen atoms in total. The molecule has 0 bridgehead atoms. The molecule has 0 aromatic heterocycles. The molecule has 1 saturated heterocycles. The summed E-state index contributed by atoms with van der Waals surface area (Å²) in [5, 5.41) is 9.99. The first kappa shape index (κ1) is 12.9. The average molecular weight is 216 g/mol. The largest absolute Gasteiger partial charge is 0.389 e. The van der Waals surface area contributed by atoms with Gasteiger partial charge in [0.2, 0.25) is 0 Å². The number of aliphatic hydroxyl groups is 1. The normalized spacial score (nSPS) is 29.8. The standard InChI is InChI=1S/C11H24N2O2/c1-4-11(3,14)8-13-5-6-15-10(7-13)9(2)12/h9-10,14H,4-8,12H2,1-3H3. The van der Waals surface area contributed by atoms with Gasteiger partial charge in [0, 0.05) is 25.7 Å². The van der Waals surface area contributed by atoms with Crippen molar-refractivity contribution in [2.45, 2.75) is 44.9 Å². The number of hydrogen-bond donors (Lipinski definition) is 2. The van der Waals surface area contributed by atoms with Crippen molar-refractivity contribution in [1.29, 1.82) is 0 Å². The number of hydrogen-bond acceptors (Lipinski definition) is 4. The van der Waals surface area contributed by atoms with Crippen LogP contribution in [0.2, 0.25) is 0 Å². The minimum atomic E-state index is -0.597. The summed E-state index contributed by atoms with van der Waals surface area (Å²) >= 11 is 0. The lowest BCUT2D eigenvalue weighted by atomic mass is 10.0. The molecular formula is C11H24N2O2. The van der Waals surface area contributed by atoms with Crippen LogP contribution in [0.5, 0.6) is 0 Å². The molecule has 1 aliphatic heterocycles. The lowest BCUT2D eigenvalue weighted by molar-refractivity contribution is -0.0661. The van der Waals surface area contributed by atoms with Gasteiger partial charge in [-0.15, -0.1) is 0 Å². The van der Waals surface area contributed by atoms with E-state index in [0.717, 1.165) is 19.5 Å². The minimum Gasteiger partial charge on any atom is -0.389 e.